The Morgan fingerprint density at radius 2 is 2.00 bits per heavy atom. The molecule has 150 valence electrons. The molecule has 0 bridgehead atoms. The van der Waals surface area contributed by atoms with E-state index in [0.29, 0.717) is 10.6 Å². The minimum absolute atomic E-state index is 0.173. The number of aryl methyl sites for hydroxylation is 1. The van der Waals surface area contributed by atoms with Crippen LogP contribution in [0.15, 0.2) is 35.4 Å². The van der Waals surface area contributed by atoms with E-state index in [1.807, 2.05) is 37.4 Å². The number of nitrogens with zero attached hydrogens (tertiary/aromatic N) is 4. The Morgan fingerprint density at radius 1 is 1.14 bits per heavy atom. The molecule has 1 saturated heterocycles. The number of aromatic nitrogens is 4. The highest BCUT2D eigenvalue weighted by molar-refractivity contribution is 5.67. The van der Waals surface area contributed by atoms with E-state index in [1.54, 1.807) is 6.20 Å². The summed E-state index contributed by atoms with van der Waals surface area (Å²) < 4.78 is 0. The minimum Gasteiger partial charge on any atom is -0.354 e. The lowest BCUT2D eigenvalue weighted by Crippen LogP contribution is -2.32. The molecular weight excluding hydrogens is 364 g/mol. The predicted molar refractivity (Wildman–Crippen MR) is 116 cm³/mol. The van der Waals surface area contributed by atoms with Crippen LogP contribution in [-0.2, 0) is 0 Å². The first-order chi connectivity index (χ1) is 14.0. The fourth-order valence-electron chi connectivity index (χ4n) is 3.59. The van der Waals surface area contributed by atoms with Crippen LogP contribution < -0.4 is 21.0 Å². The fourth-order valence-corrected chi connectivity index (χ4v) is 3.59. The Bertz CT molecular complexity index is 1150. The van der Waals surface area contributed by atoms with Gasteiger partial charge in [0, 0.05) is 25.2 Å². The van der Waals surface area contributed by atoms with Gasteiger partial charge in [0.1, 0.15) is 5.82 Å². The summed E-state index contributed by atoms with van der Waals surface area (Å²) in [6.45, 7) is 9.96. The lowest BCUT2D eigenvalue weighted by atomic mass is 10.0. The molecule has 1 fully saturated rings. The maximum Gasteiger partial charge on any atom is 0.271 e. The van der Waals surface area contributed by atoms with Crippen molar-refractivity contribution in [2.24, 2.45) is 0 Å². The van der Waals surface area contributed by atoms with E-state index in [-0.39, 0.29) is 5.56 Å². The summed E-state index contributed by atoms with van der Waals surface area (Å²) in [4.78, 5) is 26.0. The highest BCUT2D eigenvalue weighted by Gasteiger charge is 2.15. The van der Waals surface area contributed by atoms with E-state index < -0.39 is 0 Å². The van der Waals surface area contributed by atoms with E-state index in [0.717, 1.165) is 60.8 Å². The average Bonchev–Trinajstić information content (AvgIpc) is 2.91. The van der Waals surface area contributed by atoms with Gasteiger partial charge in [-0.2, -0.15) is 0 Å². The highest BCUT2D eigenvalue weighted by Crippen LogP contribution is 2.23. The van der Waals surface area contributed by atoms with E-state index in [9.17, 15) is 4.79 Å². The van der Waals surface area contributed by atoms with Crippen LogP contribution in [0.3, 0.4) is 0 Å². The van der Waals surface area contributed by atoms with Crippen molar-refractivity contribution in [2.75, 3.05) is 38.1 Å². The molecule has 0 aliphatic carbocycles. The predicted octanol–water partition coefficient (Wildman–Crippen LogP) is 0.849. The zero-order valence-corrected chi connectivity index (χ0v) is 16.9. The van der Waals surface area contributed by atoms with E-state index in [4.69, 9.17) is 4.98 Å². The molecule has 0 amide bonds. The van der Waals surface area contributed by atoms with Gasteiger partial charge in [-0.05, 0) is 50.2 Å². The van der Waals surface area contributed by atoms with Crippen LogP contribution >= 0.6 is 0 Å². The molecule has 2 aromatic heterocycles. The van der Waals surface area contributed by atoms with Gasteiger partial charge in [0.15, 0.2) is 0 Å². The standard InChI is InChI=1S/C22H26N6O/c1-15-5-6-17(11-18(15)12-19-16(2)25-26-22(19)29)20-13-23-14-21(24-20)28-8-4-7-27(3)9-10-28/h5-6,11-14,25H,2,4,7-10H2,1,3H3,(H,26,29)/b19-12+. The summed E-state index contributed by atoms with van der Waals surface area (Å²) in [5.41, 5.74) is 3.66. The maximum atomic E-state index is 12.0. The molecule has 4 rings (SSSR count). The van der Waals surface area contributed by atoms with Gasteiger partial charge in [-0.1, -0.05) is 18.7 Å². The summed E-state index contributed by atoms with van der Waals surface area (Å²) in [5, 5.41) is 6.45. The fraction of sp³-hybridized carbons (Fsp3) is 0.318. The highest BCUT2D eigenvalue weighted by atomic mass is 16.1. The lowest BCUT2D eigenvalue weighted by Gasteiger charge is -2.21. The molecule has 29 heavy (non-hydrogen) atoms. The number of hydrogen-bond donors (Lipinski definition) is 2. The average molecular weight is 390 g/mol. The smallest absolute Gasteiger partial charge is 0.271 e. The molecule has 0 radical (unpaired) electrons. The van der Waals surface area contributed by atoms with Crippen LogP contribution in [-0.4, -0.2) is 58.3 Å². The Balaban J connectivity index is 1.70. The van der Waals surface area contributed by atoms with Gasteiger partial charge in [-0.3, -0.25) is 20.0 Å². The van der Waals surface area contributed by atoms with E-state index in [2.05, 4.69) is 38.6 Å². The molecule has 7 nitrogen and oxygen atoms in total. The topological polar surface area (TPSA) is 80.9 Å². The van der Waals surface area contributed by atoms with Crippen LogP contribution in [0.4, 0.5) is 5.82 Å². The third-order valence-corrected chi connectivity index (χ3v) is 5.44. The summed E-state index contributed by atoms with van der Waals surface area (Å²) in [5.74, 6) is 0.908. The number of hydrogen-bond acceptors (Lipinski definition) is 5. The number of benzene rings is 1. The molecule has 0 saturated carbocycles. The van der Waals surface area contributed by atoms with Crippen LogP contribution in [0.5, 0.6) is 0 Å². The Kier molecular flexibility index (Phi) is 5.31. The van der Waals surface area contributed by atoms with Gasteiger partial charge in [-0.15, -0.1) is 0 Å². The third kappa shape index (κ3) is 4.14. The van der Waals surface area contributed by atoms with Crippen LogP contribution in [0.1, 0.15) is 17.5 Å². The largest absolute Gasteiger partial charge is 0.354 e. The van der Waals surface area contributed by atoms with Gasteiger partial charge in [0.2, 0.25) is 0 Å². The molecule has 0 atom stereocenters. The second-order valence-electron chi connectivity index (χ2n) is 7.59. The van der Waals surface area contributed by atoms with Crippen molar-refractivity contribution < 1.29 is 0 Å². The van der Waals surface area contributed by atoms with Gasteiger partial charge in [0.05, 0.1) is 28.7 Å². The molecule has 0 unspecified atom stereocenters. The first kappa shape index (κ1) is 19.1. The summed E-state index contributed by atoms with van der Waals surface area (Å²) >= 11 is 0. The zero-order chi connectivity index (χ0) is 20.4. The Hall–Kier alpha value is -3.19. The Morgan fingerprint density at radius 3 is 2.79 bits per heavy atom. The maximum absolute atomic E-state index is 12.0. The normalized spacial score (nSPS) is 16.2. The number of aromatic amines is 2. The lowest BCUT2D eigenvalue weighted by molar-refractivity contribution is 0.360. The second kappa shape index (κ2) is 8.05. The molecule has 3 aromatic rings. The first-order valence-corrected chi connectivity index (χ1v) is 9.85. The first-order valence-electron chi connectivity index (χ1n) is 9.85. The summed E-state index contributed by atoms with van der Waals surface area (Å²) in [6, 6.07) is 6.13. The number of H-pyrrole nitrogens is 2. The van der Waals surface area contributed by atoms with Gasteiger partial charge < -0.3 is 9.80 Å². The molecule has 1 aliphatic heterocycles. The molecular formula is C22H26N6O. The third-order valence-electron chi connectivity index (χ3n) is 5.44. The summed E-state index contributed by atoms with van der Waals surface area (Å²) in [7, 11) is 2.16. The molecule has 2 N–H and O–H groups in total. The molecule has 7 heteroatoms. The SMILES string of the molecule is C=c1[nH][nH]c(=O)/c1=C/c1cc(-c2cncc(N3CCCN(C)CC3)n2)ccc1C. The summed E-state index contributed by atoms with van der Waals surface area (Å²) in [6.07, 6.45) is 6.60. The quantitative estimate of drug-likeness (QED) is 0.693. The number of anilines is 1. The Labute approximate surface area is 169 Å². The van der Waals surface area contributed by atoms with Crippen molar-refractivity contribution >= 4 is 18.5 Å². The van der Waals surface area contributed by atoms with Crippen molar-refractivity contribution in [2.45, 2.75) is 13.3 Å². The van der Waals surface area contributed by atoms with E-state index in [1.165, 1.54) is 0 Å². The van der Waals surface area contributed by atoms with Crippen LogP contribution in [0.25, 0.3) is 23.9 Å². The van der Waals surface area contributed by atoms with Crippen LogP contribution in [0, 0.1) is 6.92 Å². The minimum atomic E-state index is -0.173. The van der Waals surface area contributed by atoms with Gasteiger partial charge in [-0.25, -0.2) is 4.98 Å². The molecule has 0 spiro atoms. The zero-order valence-electron chi connectivity index (χ0n) is 16.9. The number of likely N-dealkylation sites (N-methyl/N-ethyl adjacent to an activating group) is 1. The molecule has 3 heterocycles. The van der Waals surface area contributed by atoms with Gasteiger partial charge in [0.25, 0.3) is 5.56 Å². The van der Waals surface area contributed by atoms with Gasteiger partial charge >= 0.3 is 0 Å². The van der Waals surface area contributed by atoms with Crippen molar-refractivity contribution in [1.29, 1.82) is 0 Å². The van der Waals surface area contributed by atoms with Crippen molar-refractivity contribution in [3.63, 3.8) is 0 Å². The second-order valence-corrected chi connectivity index (χ2v) is 7.59. The monoisotopic (exact) mass is 390 g/mol. The number of rotatable bonds is 3. The van der Waals surface area contributed by atoms with Crippen molar-refractivity contribution in [3.05, 3.63) is 62.6 Å². The van der Waals surface area contributed by atoms with Crippen molar-refractivity contribution in [1.82, 2.24) is 25.1 Å². The number of nitrogens with one attached hydrogen (secondary N) is 2. The van der Waals surface area contributed by atoms with E-state index >= 15 is 0 Å². The van der Waals surface area contributed by atoms with Crippen molar-refractivity contribution in [3.8, 4) is 11.3 Å². The molecule has 1 aromatic carbocycles. The molecule has 1 aliphatic rings. The van der Waals surface area contributed by atoms with Crippen LogP contribution in [0.2, 0.25) is 0 Å².